The molecule has 5 nitrogen and oxygen atoms in total. The van der Waals surface area contributed by atoms with Crippen LogP contribution < -0.4 is 10.6 Å². The average Bonchev–Trinajstić information content (AvgIpc) is 3.50. The second-order valence-electron chi connectivity index (χ2n) is 7.54. The van der Waals surface area contributed by atoms with Crippen molar-refractivity contribution in [1.29, 1.82) is 5.26 Å². The van der Waals surface area contributed by atoms with Crippen LogP contribution in [0, 0.1) is 18.3 Å². The average molecular weight is 504 g/mol. The van der Waals surface area contributed by atoms with Crippen LogP contribution in [0.2, 0.25) is 0 Å². The third-order valence-electron chi connectivity index (χ3n) is 5.02. The summed E-state index contributed by atoms with van der Waals surface area (Å²) < 4.78 is 0. The minimum Gasteiger partial charge on any atom is -0.321 e. The van der Waals surface area contributed by atoms with Gasteiger partial charge in [0.05, 0.1) is 15.7 Å². The molecule has 0 aliphatic heterocycles. The van der Waals surface area contributed by atoms with E-state index in [-0.39, 0.29) is 11.8 Å². The first-order chi connectivity index (χ1) is 16.4. The van der Waals surface area contributed by atoms with E-state index < -0.39 is 5.25 Å². The SMILES string of the molecule is Cc1ccc(-c2csc(NC(=O)C(C)Sc3cccc(NC(=O)c4cccs4)c3)c2C#N)cc1. The third kappa shape index (κ3) is 5.57. The highest BCUT2D eigenvalue weighted by Gasteiger charge is 2.20. The number of rotatable bonds is 7. The number of thioether (sulfide) groups is 1. The summed E-state index contributed by atoms with van der Waals surface area (Å²) in [4.78, 5) is 26.7. The second-order valence-corrected chi connectivity index (χ2v) is 10.8. The van der Waals surface area contributed by atoms with Crippen LogP contribution in [0.3, 0.4) is 0 Å². The molecule has 0 aliphatic rings. The van der Waals surface area contributed by atoms with E-state index in [2.05, 4.69) is 16.7 Å². The van der Waals surface area contributed by atoms with Crippen molar-refractivity contribution in [1.82, 2.24) is 0 Å². The van der Waals surface area contributed by atoms with Gasteiger partial charge in [-0.1, -0.05) is 42.0 Å². The molecule has 0 aliphatic carbocycles. The molecule has 170 valence electrons. The van der Waals surface area contributed by atoms with Gasteiger partial charge in [-0.15, -0.1) is 34.4 Å². The van der Waals surface area contributed by atoms with Crippen LogP contribution in [0.4, 0.5) is 10.7 Å². The quantitative estimate of drug-likeness (QED) is 0.265. The molecule has 2 heterocycles. The first-order valence-electron chi connectivity index (χ1n) is 10.5. The Hall–Kier alpha value is -3.38. The molecule has 1 atom stereocenters. The molecule has 34 heavy (non-hydrogen) atoms. The first kappa shape index (κ1) is 23.8. The monoisotopic (exact) mass is 503 g/mol. The third-order valence-corrected chi connectivity index (χ3v) is 7.88. The van der Waals surface area contributed by atoms with E-state index in [1.807, 2.05) is 79.2 Å². The molecule has 0 spiro atoms. The topological polar surface area (TPSA) is 82.0 Å². The number of carbonyl (C=O) groups excluding carboxylic acids is 2. The summed E-state index contributed by atoms with van der Waals surface area (Å²) in [6.45, 7) is 3.83. The Morgan fingerprint density at radius 2 is 1.82 bits per heavy atom. The summed E-state index contributed by atoms with van der Waals surface area (Å²) in [5.41, 5.74) is 4.05. The van der Waals surface area contributed by atoms with Crippen LogP contribution in [0.25, 0.3) is 11.1 Å². The highest BCUT2D eigenvalue weighted by molar-refractivity contribution is 8.00. The molecule has 1 unspecified atom stereocenters. The van der Waals surface area contributed by atoms with Crippen molar-refractivity contribution < 1.29 is 9.59 Å². The summed E-state index contributed by atoms with van der Waals surface area (Å²) in [7, 11) is 0. The van der Waals surface area contributed by atoms with Crippen molar-refractivity contribution in [2.45, 2.75) is 24.0 Å². The van der Waals surface area contributed by atoms with Gasteiger partial charge >= 0.3 is 0 Å². The fourth-order valence-electron chi connectivity index (χ4n) is 3.23. The smallest absolute Gasteiger partial charge is 0.265 e. The van der Waals surface area contributed by atoms with Gasteiger partial charge in [0.2, 0.25) is 5.91 Å². The highest BCUT2D eigenvalue weighted by Crippen LogP contribution is 2.36. The van der Waals surface area contributed by atoms with Gasteiger partial charge in [-0.2, -0.15) is 5.26 Å². The molecule has 0 radical (unpaired) electrons. The molecule has 0 saturated carbocycles. The number of nitrogens with zero attached hydrogens (tertiary/aromatic N) is 1. The number of anilines is 2. The van der Waals surface area contributed by atoms with Gasteiger partial charge in [0.15, 0.2) is 0 Å². The summed E-state index contributed by atoms with van der Waals surface area (Å²) >= 11 is 4.12. The van der Waals surface area contributed by atoms with Gasteiger partial charge in [-0.05, 0) is 49.1 Å². The first-order valence-corrected chi connectivity index (χ1v) is 13.1. The minimum absolute atomic E-state index is 0.158. The number of carbonyl (C=O) groups is 2. The van der Waals surface area contributed by atoms with Crippen molar-refractivity contribution in [3.63, 3.8) is 0 Å². The van der Waals surface area contributed by atoms with E-state index in [9.17, 15) is 14.9 Å². The van der Waals surface area contributed by atoms with Gasteiger partial charge < -0.3 is 10.6 Å². The lowest BCUT2D eigenvalue weighted by atomic mass is 10.0. The maximum absolute atomic E-state index is 12.9. The lowest BCUT2D eigenvalue weighted by Crippen LogP contribution is -2.22. The predicted octanol–water partition coefficient (Wildman–Crippen LogP) is 7.03. The number of benzene rings is 2. The van der Waals surface area contributed by atoms with Gasteiger partial charge in [-0.3, -0.25) is 9.59 Å². The van der Waals surface area contributed by atoms with Crippen molar-refractivity contribution in [2.75, 3.05) is 10.6 Å². The highest BCUT2D eigenvalue weighted by atomic mass is 32.2. The van der Waals surface area contributed by atoms with E-state index in [0.29, 0.717) is 21.1 Å². The number of hydrogen-bond acceptors (Lipinski definition) is 6. The summed E-state index contributed by atoms with van der Waals surface area (Å²) in [5, 5.41) is 19.4. The van der Waals surface area contributed by atoms with Crippen LogP contribution in [-0.4, -0.2) is 17.1 Å². The lowest BCUT2D eigenvalue weighted by molar-refractivity contribution is -0.115. The van der Waals surface area contributed by atoms with Gasteiger partial charge in [0.1, 0.15) is 11.1 Å². The zero-order valence-corrected chi connectivity index (χ0v) is 20.9. The Morgan fingerprint density at radius 1 is 1.03 bits per heavy atom. The van der Waals surface area contributed by atoms with E-state index in [1.54, 1.807) is 6.07 Å². The largest absolute Gasteiger partial charge is 0.321 e. The Balaban J connectivity index is 1.42. The fraction of sp³-hybridized carbons (Fsp3) is 0.115. The number of thiophene rings is 2. The normalized spacial score (nSPS) is 11.4. The van der Waals surface area contributed by atoms with Gasteiger partial charge in [0.25, 0.3) is 5.91 Å². The maximum atomic E-state index is 12.9. The second kappa shape index (κ2) is 10.7. The number of nitriles is 1. The van der Waals surface area contributed by atoms with E-state index >= 15 is 0 Å². The number of aryl methyl sites for hydroxylation is 1. The fourth-order valence-corrected chi connectivity index (χ4v) is 5.69. The van der Waals surface area contributed by atoms with Gasteiger partial charge in [-0.25, -0.2) is 0 Å². The summed E-state index contributed by atoms with van der Waals surface area (Å²) in [6.07, 6.45) is 0. The van der Waals surface area contributed by atoms with E-state index in [4.69, 9.17) is 0 Å². The molecule has 0 saturated heterocycles. The Morgan fingerprint density at radius 3 is 2.53 bits per heavy atom. The standard InChI is InChI=1S/C26H21N3O2S3/c1-16-8-10-18(11-9-16)22-15-33-26(21(22)14-27)29-24(30)17(2)34-20-6-3-5-19(13-20)28-25(31)23-7-4-12-32-23/h3-13,15,17H,1-2H3,(H,28,31)(H,29,30). The summed E-state index contributed by atoms with van der Waals surface area (Å²) in [6, 6.07) is 21.2. The molecule has 8 heteroatoms. The zero-order chi connectivity index (χ0) is 24.1. The van der Waals surface area contributed by atoms with Crippen molar-refractivity contribution in [3.05, 3.63) is 87.4 Å². The van der Waals surface area contributed by atoms with E-state index in [1.165, 1.54) is 34.4 Å². The van der Waals surface area contributed by atoms with Crippen molar-refractivity contribution in [3.8, 4) is 17.2 Å². The van der Waals surface area contributed by atoms with Crippen LogP contribution in [0.15, 0.2) is 76.3 Å². The number of amides is 2. The molecule has 2 aromatic heterocycles. The molecular formula is C26H21N3O2S3. The Labute approximate surface area is 210 Å². The van der Waals surface area contributed by atoms with Crippen LogP contribution >= 0.6 is 34.4 Å². The molecule has 4 aromatic rings. The van der Waals surface area contributed by atoms with Crippen LogP contribution in [0.5, 0.6) is 0 Å². The molecular weight excluding hydrogens is 483 g/mol. The Kier molecular flexibility index (Phi) is 7.48. The molecule has 0 fully saturated rings. The zero-order valence-electron chi connectivity index (χ0n) is 18.5. The predicted molar refractivity (Wildman–Crippen MR) is 142 cm³/mol. The number of hydrogen-bond donors (Lipinski definition) is 2. The van der Waals surface area contributed by atoms with Crippen LogP contribution in [0.1, 0.15) is 27.7 Å². The Bertz CT molecular complexity index is 1350. The van der Waals surface area contributed by atoms with Crippen molar-refractivity contribution in [2.24, 2.45) is 0 Å². The maximum Gasteiger partial charge on any atom is 0.265 e. The number of nitrogens with one attached hydrogen (secondary N) is 2. The lowest BCUT2D eigenvalue weighted by Gasteiger charge is -2.12. The molecule has 2 amide bonds. The minimum atomic E-state index is -0.403. The van der Waals surface area contributed by atoms with Crippen LogP contribution in [-0.2, 0) is 4.79 Å². The molecule has 2 N–H and O–H groups in total. The van der Waals surface area contributed by atoms with E-state index in [0.717, 1.165) is 21.6 Å². The van der Waals surface area contributed by atoms with Crippen molar-refractivity contribution >= 4 is 56.9 Å². The molecule has 4 rings (SSSR count). The molecule has 2 aromatic carbocycles. The molecule has 0 bridgehead atoms. The van der Waals surface area contributed by atoms with Gasteiger partial charge in [0, 0.05) is 21.5 Å². The summed E-state index contributed by atoms with van der Waals surface area (Å²) in [5.74, 6) is -0.346.